The fraction of sp³-hybridized carbons (Fsp3) is 0.652. The van der Waals surface area contributed by atoms with Crippen molar-refractivity contribution in [2.75, 3.05) is 18.1 Å². The van der Waals surface area contributed by atoms with Crippen LogP contribution in [0, 0.1) is 5.92 Å². The Kier molecular flexibility index (Phi) is 7.53. The summed E-state index contributed by atoms with van der Waals surface area (Å²) in [7, 11) is -1.83. The summed E-state index contributed by atoms with van der Waals surface area (Å²) in [4.78, 5) is 26.9. The number of carbonyl (C=O) groups is 2. The summed E-state index contributed by atoms with van der Waals surface area (Å²) < 4.78 is 6.13. The molecule has 2 amide bonds. The van der Waals surface area contributed by atoms with Gasteiger partial charge < -0.3 is 20.4 Å². The molecule has 7 heteroatoms. The molecule has 0 radical (unpaired) electrons. The highest BCUT2D eigenvalue weighted by molar-refractivity contribution is 6.74. The molecule has 3 atom stereocenters. The molecule has 3 N–H and O–H groups in total. The highest BCUT2D eigenvalue weighted by atomic mass is 28.4. The first kappa shape index (κ1) is 24.6. The molecule has 0 fully saturated rings. The molecule has 6 nitrogen and oxygen atoms in total. The Morgan fingerprint density at radius 2 is 1.90 bits per heavy atom. The van der Waals surface area contributed by atoms with Crippen molar-refractivity contribution in [2.24, 2.45) is 11.7 Å². The maximum absolute atomic E-state index is 12.7. The number of hydrogen-bond acceptors (Lipinski definition) is 4. The third kappa shape index (κ3) is 4.95. The van der Waals surface area contributed by atoms with Crippen LogP contribution in [0.2, 0.25) is 18.1 Å². The smallest absolute Gasteiger partial charge is 0.251 e. The summed E-state index contributed by atoms with van der Waals surface area (Å²) in [6.07, 6.45) is 0.838. The average molecular weight is 434 g/mol. The maximum atomic E-state index is 12.7. The molecule has 2 rings (SSSR count). The molecule has 168 valence electrons. The van der Waals surface area contributed by atoms with E-state index in [1.165, 1.54) is 0 Å². The van der Waals surface area contributed by atoms with Crippen LogP contribution in [-0.4, -0.2) is 39.3 Å². The van der Waals surface area contributed by atoms with Gasteiger partial charge in [0.2, 0.25) is 5.91 Å². The fourth-order valence-corrected chi connectivity index (χ4v) is 4.91. The van der Waals surface area contributed by atoms with Crippen LogP contribution in [0.15, 0.2) is 18.2 Å². The lowest BCUT2D eigenvalue weighted by Gasteiger charge is -2.43. The van der Waals surface area contributed by atoms with Crippen LogP contribution in [0.3, 0.4) is 0 Å². The molecule has 3 unspecified atom stereocenters. The van der Waals surface area contributed by atoms with Crippen LogP contribution in [0.5, 0.6) is 0 Å². The van der Waals surface area contributed by atoms with Crippen LogP contribution >= 0.6 is 0 Å². The molecule has 0 saturated heterocycles. The molecule has 30 heavy (non-hydrogen) atoms. The number of fused-ring (bicyclic) bond motifs is 1. The minimum Gasteiger partial charge on any atom is -0.415 e. The van der Waals surface area contributed by atoms with E-state index in [0.29, 0.717) is 18.7 Å². The molecule has 1 aromatic carbocycles. The third-order valence-electron chi connectivity index (χ3n) is 6.83. The molecule has 1 aromatic rings. The molecule has 0 bridgehead atoms. The summed E-state index contributed by atoms with van der Waals surface area (Å²) >= 11 is 0. The highest BCUT2D eigenvalue weighted by Crippen LogP contribution is 2.41. The quantitative estimate of drug-likeness (QED) is 0.520. The van der Waals surface area contributed by atoms with Crippen LogP contribution in [0.1, 0.15) is 69.9 Å². The Morgan fingerprint density at radius 1 is 1.27 bits per heavy atom. The zero-order valence-electron chi connectivity index (χ0n) is 19.8. The minimum absolute atomic E-state index is 0.00169. The Balaban J connectivity index is 2.12. The van der Waals surface area contributed by atoms with Crippen molar-refractivity contribution in [3.63, 3.8) is 0 Å². The topological polar surface area (TPSA) is 84.7 Å². The zero-order chi connectivity index (χ0) is 22.9. The van der Waals surface area contributed by atoms with E-state index in [2.05, 4.69) is 53.0 Å². The van der Waals surface area contributed by atoms with Gasteiger partial charge in [-0.1, -0.05) is 34.6 Å². The number of nitrogens with one attached hydrogen (secondary N) is 1. The lowest BCUT2D eigenvalue weighted by Crippen LogP contribution is -2.50. The van der Waals surface area contributed by atoms with Gasteiger partial charge in [-0.3, -0.25) is 9.59 Å². The zero-order valence-corrected chi connectivity index (χ0v) is 20.8. The lowest BCUT2D eigenvalue weighted by atomic mass is 9.81. The van der Waals surface area contributed by atoms with Crippen molar-refractivity contribution in [1.82, 2.24) is 5.32 Å². The SMILES string of the molecule is CCC1C(C)C(N)c2cc(C(=O)NCCO[Si](C)(C)C(C)(C)C)ccc2N1C(C)=O. The Morgan fingerprint density at radius 3 is 2.43 bits per heavy atom. The normalized spacial score (nSPS) is 21.9. The fourth-order valence-electron chi connectivity index (χ4n) is 3.87. The van der Waals surface area contributed by atoms with E-state index in [4.69, 9.17) is 10.2 Å². The van der Waals surface area contributed by atoms with E-state index in [0.717, 1.165) is 17.7 Å². The van der Waals surface area contributed by atoms with Gasteiger partial charge in [-0.05, 0) is 54.2 Å². The number of benzene rings is 1. The van der Waals surface area contributed by atoms with E-state index in [9.17, 15) is 9.59 Å². The van der Waals surface area contributed by atoms with E-state index >= 15 is 0 Å². The van der Waals surface area contributed by atoms with Crippen molar-refractivity contribution in [3.8, 4) is 0 Å². The molecule has 1 heterocycles. The number of rotatable bonds is 6. The molecule has 0 aliphatic carbocycles. The second-order valence-electron chi connectivity index (χ2n) is 9.89. The van der Waals surface area contributed by atoms with Crippen molar-refractivity contribution < 1.29 is 14.0 Å². The minimum atomic E-state index is -1.83. The van der Waals surface area contributed by atoms with Gasteiger partial charge in [-0.2, -0.15) is 0 Å². The Labute approximate surface area is 182 Å². The van der Waals surface area contributed by atoms with Gasteiger partial charge in [0.05, 0.1) is 6.61 Å². The highest BCUT2D eigenvalue weighted by Gasteiger charge is 2.38. The first-order chi connectivity index (χ1) is 13.8. The van der Waals surface area contributed by atoms with Crippen LogP contribution in [0.4, 0.5) is 5.69 Å². The number of amides is 2. The summed E-state index contributed by atoms with van der Waals surface area (Å²) in [5, 5.41) is 3.09. The summed E-state index contributed by atoms with van der Waals surface area (Å²) in [6.45, 7) is 17.7. The second-order valence-corrected chi connectivity index (χ2v) is 14.7. The Hall–Kier alpha value is -1.70. The van der Waals surface area contributed by atoms with Gasteiger partial charge in [0.25, 0.3) is 5.91 Å². The number of hydrogen-bond donors (Lipinski definition) is 2. The van der Waals surface area contributed by atoms with Gasteiger partial charge >= 0.3 is 0 Å². The number of anilines is 1. The second kappa shape index (κ2) is 9.20. The third-order valence-corrected chi connectivity index (χ3v) is 11.4. The lowest BCUT2D eigenvalue weighted by molar-refractivity contribution is -0.117. The van der Waals surface area contributed by atoms with Gasteiger partial charge in [0.15, 0.2) is 8.32 Å². The maximum Gasteiger partial charge on any atom is 0.251 e. The van der Waals surface area contributed by atoms with Crippen LogP contribution in [-0.2, 0) is 9.22 Å². The summed E-state index contributed by atoms with van der Waals surface area (Å²) in [5.41, 5.74) is 8.74. The predicted molar refractivity (Wildman–Crippen MR) is 125 cm³/mol. The molecule has 0 aromatic heterocycles. The molecular formula is C23H39N3O3Si. The largest absolute Gasteiger partial charge is 0.415 e. The summed E-state index contributed by atoms with van der Waals surface area (Å²) in [6, 6.07) is 5.32. The van der Waals surface area contributed by atoms with Gasteiger partial charge in [-0.15, -0.1) is 0 Å². The van der Waals surface area contributed by atoms with Crippen LogP contribution in [0.25, 0.3) is 0 Å². The summed E-state index contributed by atoms with van der Waals surface area (Å²) in [5.74, 6) is -0.0343. The monoisotopic (exact) mass is 433 g/mol. The standard InChI is InChI=1S/C23H39N3O3Si/c1-9-19-15(2)21(24)18-14-17(10-11-20(18)26(19)16(3)27)22(28)25-12-13-29-30(7,8)23(4,5)6/h10-11,14-15,19,21H,9,12-13,24H2,1-8H3,(H,25,28). The molecule has 1 aliphatic heterocycles. The van der Waals surface area contributed by atoms with E-state index < -0.39 is 8.32 Å². The number of nitrogens with two attached hydrogens (primary N) is 1. The van der Waals surface area contributed by atoms with Crippen molar-refractivity contribution in [1.29, 1.82) is 0 Å². The van der Waals surface area contributed by atoms with E-state index in [1.807, 2.05) is 17.0 Å². The van der Waals surface area contributed by atoms with Gasteiger partial charge in [0.1, 0.15) is 0 Å². The van der Waals surface area contributed by atoms with E-state index in [1.54, 1.807) is 13.0 Å². The van der Waals surface area contributed by atoms with Crippen LogP contribution < -0.4 is 16.0 Å². The van der Waals surface area contributed by atoms with E-state index in [-0.39, 0.29) is 34.9 Å². The van der Waals surface area contributed by atoms with Gasteiger partial charge in [0, 0.05) is 36.8 Å². The van der Waals surface area contributed by atoms with Crippen molar-refractivity contribution >= 4 is 25.8 Å². The molecule has 1 aliphatic rings. The first-order valence-electron chi connectivity index (χ1n) is 10.9. The molecule has 0 spiro atoms. The number of carbonyl (C=O) groups excluding carboxylic acids is 2. The average Bonchev–Trinajstić information content (AvgIpc) is 2.66. The molecular weight excluding hydrogens is 394 g/mol. The van der Waals surface area contributed by atoms with Crippen molar-refractivity contribution in [3.05, 3.63) is 29.3 Å². The predicted octanol–water partition coefficient (Wildman–Crippen LogP) is 4.22. The number of nitrogens with zero attached hydrogens (tertiary/aromatic N) is 1. The van der Waals surface area contributed by atoms with Gasteiger partial charge in [-0.25, -0.2) is 0 Å². The first-order valence-corrected chi connectivity index (χ1v) is 13.8. The molecule has 0 saturated carbocycles. The van der Waals surface area contributed by atoms with Crippen molar-refractivity contribution in [2.45, 2.75) is 78.2 Å². The Bertz CT molecular complexity index is 788.